The third kappa shape index (κ3) is 4.06. The van der Waals surface area contributed by atoms with Crippen LogP contribution in [0, 0.1) is 11.7 Å². The number of benzene rings is 1. The molecule has 1 aromatic heterocycles. The van der Waals surface area contributed by atoms with E-state index >= 15 is 0 Å². The van der Waals surface area contributed by atoms with Gasteiger partial charge in [0.05, 0.1) is 6.61 Å². The van der Waals surface area contributed by atoms with Gasteiger partial charge in [-0.3, -0.25) is 9.78 Å². The molecule has 2 aromatic rings. The van der Waals surface area contributed by atoms with Gasteiger partial charge in [-0.2, -0.15) is 0 Å². The fraction of sp³-hybridized carbons (Fsp3) is 0.333. The van der Waals surface area contributed by atoms with E-state index in [1.165, 1.54) is 12.1 Å². The SMILES string of the molecule is O=C(c1ccncc1)N1CCC(CCOc2ccc(F)cc2)C1. The zero-order chi connectivity index (χ0) is 16.1. The highest BCUT2D eigenvalue weighted by Crippen LogP contribution is 2.22. The van der Waals surface area contributed by atoms with E-state index in [4.69, 9.17) is 4.74 Å². The Morgan fingerprint density at radius 1 is 1.22 bits per heavy atom. The van der Waals surface area contributed by atoms with Gasteiger partial charge in [0, 0.05) is 31.0 Å². The summed E-state index contributed by atoms with van der Waals surface area (Å²) >= 11 is 0. The van der Waals surface area contributed by atoms with Crippen molar-refractivity contribution in [1.82, 2.24) is 9.88 Å². The van der Waals surface area contributed by atoms with Gasteiger partial charge in [0.25, 0.3) is 5.91 Å². The first-order valence-electron chi connectivity index (χ1n) is 7.80. The first-order chi connectivity index (χ1) is 11.2. The number of rotatable bonds is 5. The monoisotopic (exact) mass is 314 g/mol. The number of carbonyl (C=O) groups excluding carboxylic acids is 1. The van der Waals surface area contributed by atoms with Gasteiger partial charge in [0.1, 0.15) is 11.6 Å². The minimum Gasteiger partial charge on any atom is -0.494 e. The van der Waals surface area contributed by atoms with Gasteiger partial charge in [-0.25, -0.2) is 4.39 Å². The summed E-state index contributed by atoms with van der Waals surface area (Å²) in [6, 6.07) is 9.52. The smallest absolute Gasteiger partial charge is 0.253 e. The molecule has 1 aromatic carbocycles. The number of ether oxygens (including phenoxy) is 1. The number of nitrogens with zero attached hydrogens (tertiary/aromatic N) is 2. The van der Waals surface area contributed by atoms with Crippen LogP contribution < -0.4 is 4.74 Å². The Morgan fingerprint density at radius 2 is 1.96 bits per heavy atom. The Balaban J connectivity index is 1.45. The van der Waals surface area contributed by atoms with Crippen molar-refractivity contribution in [2.24, 2.45) is 5.92 Å². The second-order valence-electron chi connectivity index (χ2n) is 5.73. The lowest BCUT2D eigenvalue weighted by Crippen LogP contribution is -2.28. The first kappa shape index (κ1) is 15.5. The molecule has 0 spiro atoms. The summed E-state index contributed by atoms with van der Waals surface area (Å²) in [5, 5.41) is 0. The van der Waals surface area contributed by atoms with E-state index in [9.17, 15) is 9.18 Å². The number of halogens is 1. The maximum Gasteiger partial charge on any atom is 0.253 e. The molecule has 3 rings (SSSR count). The Morgan fingerprint density at radius 3 is 2.70 bits per heavy atom. The predicted molar refractivity (Wildman–Crippen MR) is 84.8 cm³/mol. The van der Waals surface area contributed by atoms with Crippen molar-refractivity contribution in [3.63, 3.8) is 0 Å². The van der Waals surface area contributed by atoms with Crippen LogP contribution in [-0.2, 0) is 0 Å². The summed E-state index contributed by atoms with van der Waals surface area (Å²) < 4.78 is 18.4. The lowest BCUT2D eigenvalue weighted by atomic mass is 10.1. The highest BCUT2D eigenvalue weighted by atomic mass is 19.1. The molecule has 0 bridgehead atoms. The van der Waals surface area contributed by atoms with Crippen molar-refractivity contribution in [3.05, 3.63) is 60.2 Å². The normalized spacial score (nSPS) is 17.3. The van der Waals surface area contributed by atoms with Gasteiger partial charge in [0.2, 0.25) is 0 Å². The van der Waals surface area contributed by atoms with Crippen LogP contribution in [-0.4, -0.2) is 35.5 Å². The zero-order valence-corrected chi connectivity index (χ0v) is 12.8. The molecule has 1 saturated heterocycles. The minimum absolute atomic E-state index is 0.0642. The Labute approximate surface area is 134 Å². The summed E-state index contributed by atoms with van der Waals surface area (Å²) in [6.07, 6.45) is 5.15. The average molecular weight is 314 g/mol. The van der Waals surface area contributed by atoms with Gasteiger partial charge >= 0.3 is 0 Å². The maximum absolute atomic E-state index is 12.8. The standard InChI is InChI=1S/C18H19FN2O2/c19-16-1-3-17(4-2-16)23-12-8-14-7-11-21(13-14)18(22)15-5-9-20-10-6-15/h1-6,9-10,14H,7-8,11-13H2. The topological polar surface area (TPSA) is 42.4 Å². The highest BCUT2D eigenvalue weighted by Gasteiger charge is 2.26. The Bertz CT molecular complexity index is 646. The lowest BCUT2D eigenvalue weighted by molar-refractivity contribution is 0.0785. The molecule has 23 heavy (non-hydrogen) atoms. The van der Waals surface area contributed by atoms with Crippen molar-refractivity contribution in [3.8, 4) is 5.75 Å². The fourth-order valence-corrected chi connectivity index (χ4v) is 2.80. The second kappa shape index (κ2) is 7.22. The number of aromatic nitrogens is 1. The molecule has 0 aliphatic carbocycles. The first-order valence-corrected chi connectivity index (χ1v) is 7.80. The summed E-state index contributed by atoms with van der Waals surface area (Å²) in [5.41, 5.74) is 0.684. The Kier molecular flexibility index (Phi) is 4.86. The second-order valence-corrected chi connectivity index (χ2v) is 5.73. The lowest BCUT2D eigenvalue weighted by Gasteiger charge is -2.16. The molecule has 0 saturated carbocycles. The van der Waals surface area contributed by atoms with Crippen LogP contribution in [0.15, 0.2) is 48.8 Å². The molecule has 1 atom stereocenters. The molecule has 1 fully saturated rings. The van der Waals surface area contributed by atoms with E-state index in [-0.39, 0.29) is 11.7 Å². The van der Waals surface area contributed by atoms with E-state index in [2.05, 4.69) is 4.98 Å². The van der Waals surface area contributed by atoms with Crippen LogP contribution in [0.1, 0.15) is 23.2 Å². The molecule has 120 valence electrons. The van der Waals surface area contributed by atoms with Crippen molar-refractivity contribution in [2.45, 2.75) is 12.8 Å². The van der Waals surface area contributed by atoms with Gasteiger partial charge < -0.3 is 9.64 Å². The summed E-state index contributed by atoms with van der Waals surface area (Å²) in [7, 11) is 0. The third-order valence-corrected chi connectivity index (χ3v) is 4.11. The molecule has 1 aliphatic heterocycles. The van der Waals surface area contributed by atoms with Crippen LogP contribution in [0.25, 0.3) is 0 Å². The van der Waals surface area contributed by atoms with E-state index in [1.54, 1.807) is 36.7 Å². The zero-order valence-electron chi connectivity index (χ0n) is 12.8. The van der Waals surface area contributed by atoms with Crippen LogP contribution in [0.5, 0.6) is 5.75 Å². The van der Waals surface area contributed by atoms with Gasteiger partial charge in [-0.05, 0) is 55.2 Å². The van der Waals surface area contributed by atoms with Gasteiger partial charge in [0.15, 0.2) is 0 Å². The maximum atomic E-state index is 12.8. The molecule has 1 unspecified atom stereocenters. The molecule has 1 aliphatic rings. The van der Waals surface area contributed by atoms with Gasteiger partial charge in [-0.1, -0.05) is 0 Å². The number of amides is 1. The number of hydrogen-bond donors (Lipinski definition) is 0. The molecule has 2 heterocycles. The third-order valence-electron chi connectivity index (χ3n) is 4.11. The highest BCUT2D eigenvalue weighted by molar-refractivity contribution is 5.94. The molecule has 1 amide bonds. The Hall–Kier alpha value is -2.43. The predicted octanol–water partition coefficient (Wildman–Crippen LogP) is 3.15. The minimum atomic E-state index is -0.265. The average Bonchev–Trinajstić information content (AvgIpc) is 3.06. The van der Waals surface area contributed by atoms with Crippen molar-refractivity contribution < 1.29 is 13.9 Å². The van der Waals surface area contributed by atoms with Crippen LogP contribution in [0.2, 0.25) is 0 Å². The quantitative estimate of drug-likeness (QED) is 0.851. The molecule has 0 radical (unpaired) electrons. The molecular formula is C18H19FN2O2. The number of carbonyl (C=O) groups is 1. The van der Waals surface area contributed by atoms with Crippen LogP contribution in [0.4, 0.5) is 4.39 Å². The summed E-state index contributed by atoms with van der Waals surface area (Å²) in [4.78, 5) is 18.2. The van der Waals surface area contributed by atoms with Crippen LogP contribution in [0.3, 0.4) is 0 Å². The van der Waals surface area contributed by atoms with Gasteiger partial charge in [-0.15, -0.1) is 0 Å². The largest absolute Gasteiger partial charge is 0.494 e. The van der Waals surface area contributed by atoms with E-state index in [0.717, 1.165) is 25.9 Å². The van der Waals surface area contributed by atoms with E-state index in [0.29, 0.717) is 23.8 Å². The fourth-order valence-electron chi connectivity index (χ4n) is 2.80. The molecule has 4 nitrogen and oxygen atoms in total. The van der Waals surface area contributed by atoms with Crippen molar-refractivity contribution in [1.29, 1.82) is 0 Å². The van der Waals surface area contributed by atoms with E-state index < -0.39 is 0 Å². The molecule has 0 N–H and O–H groups in total. The number of hydrogen-bond acceptors (Lipinski definition) is 3. The molecular weight excluding hydrogens is 295 g/mol. The number of pyridine rings is 1. The summed E-state index contributed by atoms with van der Waals surface area (Å²) in [6.45, 7) is 2.11. The van der Waals surface area contributed by atoms with Crippen LogP contribution >= 0.6 is 0 Å². The molecule has 5 heteroatoms. The van der Waals surface area contributed by atoms with Crippen molar-refractivity contribution in [2.75, 3.05) is 19.7 Å². The van der Waals surface area contributed by atoms with Crippen molar-refractivity contribution >= 4 is 5.91 Å². The van der Waals surface area contributed by atoms with E-state index in [1.807, 2.05) is 4.90 Å². The summed E-state index contributed by atoms with van der Waals surface area (Å²) in [5.74, 6) is 0.920. The number of likely N-dealkylation sites (tertiary alicyclic amines) is 1.